The Bertz CT molecular complexity index is 394. The van der Waals surface area contributed by atoms with E-state index in [0.717, 1.165) is 32.1 Å². The highest BCUT2D eigenvalue weighted by Crippen LogP contribution is 2.36. The number of nitriles is 1. The first-order valence-electron chi connectivity index (χ1n) is 7.18. The van der Waals surface area contributed by atoms with Crippen molar-refractivity contribution in [1.82, 2.24) is 10.6 Å². The van der Waals surface area contributed by atoms with Crippen molar-refractivity contribution >= 4 is 11.8 Å². The molecule has 5 heteroatoms. The molecule has 19 heavy (non-hydrogen) atoms. The summed E-state index contributed by atoms with van der Waals surface area (Å²) in [6, 6.07) is 1.72. The summed E-state index contributed by atoms with van der Waals surface area (Å²) in [6.07, 6.45) is 6.67. The van der Waals surface area contributed by atoms with Crippen LogP contribution in [0.5, 0.6) is 0 Å². The fraction of sp³-hybridized carbons (Fsp3) is 0.786. The van der Waals surface area contributed by atoms with E-state index < -0.39 is 11.5 Å². The SMILES string of the molecule is N#CC1(C(=O)NC2CCCCNC2=O)CCCCC1. The van der Waals surface area contributed by atoms with Gasteiger partial charge in [-0.1, -0.05) is 19.3 Å². The van der Waals surface area contributed by atoms with Crippen LogP contribution in [0.15, 0.2) is 0 Å². The predicted octanol–water partition coefficient (Wildman–Crippen LogP) is 1.25. The Morgan fingerprint density at radius 2 is 2.00 bits per heavy atom. The fourth-order valence-electron chi connectivity index (χ4n) is 2.92. The Kier molecular flexibility index (Phi) is 4.41. The van der Waals surface area contributed by atoms with Gasteiger partial charge in [0.15, 0.2) is 0 Å². The third-order valence-electron chi connectivity index (χ3n) is 4.20. The lowest BCUT2D eigenvalue weighted by molar-refractivity contribution is -0.134. The Morgan fingerprint density at radius 1 is 1.26 bits per heavy atom. The van der Waals surface area contributed by atoms with E-state index in [0.29, 0.717) is 25.8 Å². The first kappa shape index (κ1) is 13.9. The second-order valence-corrected chi connectivity index (χ2v) is 5.57. The zero-order valence-corrected chi connectivity index (χ0v) is 11.2. The number of nitrogens with zero attached hydrogens (tertiary/aromatic N) is 1. The van der Waals surface area contributed by atoms with Gasteiger partial charge in [-0.2, -0.15) is 5.26 Å². The maximum Gasteiger partial charge on any atom is 0.242 e. The first-order valence-corrected chi connectivity index (χ1v) is 7.18. The summed E-state index contributed by atoms with van der Waals surface area (Å²) >= 11 is 0. The molecule has 2 aliphatic rings. The van der Waals surface area contributed by atoms with Crippen molar-refractivity contribution < 1.29 is 9.59 Å². The maximum atomic E-state index is 12.4. The Labute approximate surface area is 113 Å². The van der Waals surface area contributed by atoms with Gasteiger partial charge in [0.1, 0.15) is 11.5 Å². The third kappa shape index (κ3) is 3.06. The Hall–Kier alpha value is -1.57. The van der Waals surface area contributed by atoms with E-state index >= 15 is 0 Å². The summed E-state index contributed by atoms with van der Waals surface area (Å²) in [5.74, 6) is -0.369. The zero-order valence-electron chi connectivity index (χ0n) is 11.2. The molecule has 2 N–H and O–H groups in total. The molecule has 2 rings (SSSR count). The highest BCUT2D eigenvalue weighted by molar-refractivity contribution is 5.91. The van der Waals surface area contributed by atoms with Crippen LogP contribution in [0.3, 0.4) is 0 Å². The predicted molar refractivity (Wildman–Crippen MR) is 69.9 cm³/mol. The van der Waals surface area contributed by atoms with Gasteiger partial charge < -0.3 is 10.6 Å². The molecule has 0 bridgehead atoms. The van der Waals surface area contributed by atoms with E-state index in [1.54, 1.807) is 0 Å². The maximum absolute atomic E-state index is 12.4. The molecule has 0 aromatic carbocycles. The number of rotatable bonds is 2. The molecular formula is C14H21N3O2. The van der Waals surface area contributed by atoms with Gasteiger partial charge in [-0.3, -0.25) is 9.59 Å². The van der Waals surface area contributed by atoms with Crippen molar-refractivity contribution in [2.24, 2.45) is 5.41 Å². The number of nitrogens with one attached hydrogen (secondary N) is 2. The number of hydrogen-bond donors (Lipinski definition) is 2. The minimum Gasteiger partial charge on any atom is -0.354 e. The lowest BCUT2D eigenvalue weighted by Gasteiger charge is -2.30. The number of hydrogen-bond acceptors (Lipinski definition) is 3. The smallest absolute Gasteiger partial charge is 0.242 e. The monoisotopic (exact) mass is 263 g/mol. The van der Waals surface area contributed by atoms with Gasteiger partial charge in [0, 0.05) is 6.54 Å². The lowest BCUT2D eigenvalue weighted by Crippen LogP contribution is -2.51. The largest absolute Gasteiger partial charge is 0.354 e. The van der Waals surface area contributed by atoms with Crippen molar-refractivity contribution in [3.8, 4) is 6.07 Å². The second kappa shape index (κ2) is 6.05. The Morgan fingerprint density at radius 3 is 2.68 bits per heavy atom. The van der Waals surface area contributed by atoms with Crippen LogP contribution in [0, 0.1) is 16.7 Å². The lowest BCUT2D eigenvalue weighted by atomic mass is 9.74. The summed E-state index contributed by atoms with van der Waals surface area (Å²) < 4.78 is 0. The molecule has 1 heterocycles. The van der Waals surface area contributed by atoms with Crippen LogP contribution < -0.4 is 10.6 Å². The van der Waals surface area contributed by atoms with E-state index in [4.69, 9.17) is 0 Å². The summed E-state index contributed by atoms with van der Waals surface area (Å²) in [5, 5.41) is 14.9. The minimum atomic E-state index is -0.912. The molecule has 5 nitrogen and oxygen atoms in total. The second-order valence-electron chi connectivity index (χ2n) is 5.57. The quantitative estimate of drug-likeness (QED) is 0.786. The minimum absolute atomic E-state index is 0.116. The molecule has 1 atom stereocenters. The highest BCUT2D eigenvalue weighted by Gasteiger charge is 2.41. The van der Waals surface area contributed by atoms with Crippen molar-refractivity contribution in [2.75, 3.05) is 6.54 Å². The first-order chi connectivity index (χ1) is 9.18. The van der Waals surface area contributed by atoms with Crippen molar-refractivity contribution in [2.45, 2.75) is 57.4 Å². The number of carbonyl (C=O) groups is 2. The van der Waals surface area contributed by atoms with Gasteiger partial charge in [-0.15, -0.1) is 0 Å². The molecule has 1 saturated heterocycles. The molecular weight excluding hydrogens is 242 g/mol. The van der Waals surface area contributed by atoms with E-state index in [1.165, 1.54) is 0 Å². The van der Waals surface area contributed by atoms with Crippen LogP contribution in [0.25, 0.3) is 0 Å². The standard InChI is InChI=1S/C14H21N3O2/c15-10-14(7-3-1-4-8-14)13(19)17-11-6-2-5-9-16-12(11)18/h11H,1-9H2,(H,16,18)(H,17,19). The van der Waals surface area contributed by atoms with Crippen molar-refractivity contribution in [3.05, 3.63) is 0 Å². The molecule has 0 aromatic heterocycles. The highest BCUT2D eigenvalue weighted by atomic mass is 16.2. The summed E-state index contributed by atoms with van der Waals surface area (Å²) in [7, 11) is 0. The molecule has 0 aromatic rings. The van der Waals surface area contributed by atoms with Crippen LogP contribution >= 0.6 is 0 Å². The van der Waals surface area contributed by atoms with Gasteiger partial charge in [0.25, 0.3) is 0 Å². The van der Waals surface area contributed by atoms with Gasteiger partial charge in [0.2, 0.25) is 11.8 Å². The molecule has 2 fully saturated rings. The summed E-state index contributed by atoms with van der Waals surface area (Å²) in [6.45, 7) is 0.675. The van der Waals surface area contributed by atoms with Crippen LogP contribution in [0.1, 0.15) is 51.4 Å². The van der Waals surface area contributed by atoms with Gasteiger partial charge >= 0.3 is 0 Å². The van der Waals surface area contributed by atoms with Gasteiger partial charge in [-0.25, -0.2) is 0 Å². The molecule has 1 saturated carbocycles. The molecule has 104 valence electrons. The molecule has 1 aliphatic carbocycles. The van der Waals surface area contributed by atoms with E-state index in [9.17, 15) is 14.9 Å². The topological polar surface area (TPSA) is 82.0 Å². The molecule has 1 aliphatic heterocycles. The molecule has 0 spiro atoms. The Balaban J connectivity index is 2.02. The van der Waals surface area contributed by atoms with E-state index in [1.807, 2.05) is 0 Å². The normalized spacial score (nSPS) is 26.7. The van der Waals surface area contributed by atoms with Crippen LogP contribution in [0.2, 0.25) is 0 Å². The van der Waals surface area contributed by atoms with E-state index in [2.05, 4.69) is 16.7 Å². The molecule has 1 unspecified atom stereocenters. The van der Waals surface area contributed by atoms with Gasteiger partial charge in [0.05, 0.1) is 6.07 Å². The van der Waals surface area contributed by atoms with Crippen LogP contribution in [-0.2, 0) is 9.59 Å². The summed E-state index contributed by atoms with van der Waals surface area (Å²) in [5.41, 5.74) is -0.912. The van der Waals surface area contributed by atoms with Crippen LogP contribution in [-0.4, -0.2) is 24.4 Å². The number of carbonyl (C=O) groups excluding carboxylic acids is 2. The molecule has 2 amide bonds. The van der Waals surface area contributed by atoms with Crippen molar-refractivity contribution in [3.63, 3.8) is 0 Å². The number of amides is 2. The van der Waals surface area contributed by atoms with Crippen LogP contribution in [0.4, 0.5) is 0 Å². The average molecular weight is 263 g/mol. The van der Waals surface area contributed by atoms with Gasteiger partial charge in [-0.05, 0) is 32.1 Å². The van der Waals surface area contributed by atoms with Crippen molar-refractivity contribution in [1.29, 1.82) is 5.26 Å². The van der Waals surface area contributed by atoms with E-state index in [-0.39, 0.29) is 11.8 Å². The third-order valence-corrected chi connectivity index (χ3v) is 4.20. The average Bonchev–Trinajstić information content (AvgIpc) is 2.65. The zero-order chi connectivity index (χ0) is 13.7. The molecule has 0 radical (unpaired) electrons. The fourth-order valence-corrected chi connectivity index (χ4v) is 2.92. The summed E-state index contributed by atoms with van der Waals surface area (Å²) in [4.78, 5) is 24.2.